The van der Waals surface area contributed by atoms with Gasteiger partial charge in [0.25, 0.3) is 0 Å². The van der Waals surface area contributed by atoms with Crippen LogP contribution in [0.25, 0.3) is 0 Å². The number of allylic oxidation sites excluding steroid dienone is 2. The van der Waals surface area contributed by atoms with Crippen molar-refractivity contribution in [3.05, 3.63) is 76.1 Å². The van der Waals surface area contributed by atoms with Gasteiger partial charge in [-0.1, -0.05) is 23.4 Å². The van der Waals surface area contributed by atoms with Gasteiger partial charge in [0.15, 0.2) is 17.3 Å². The molecule has 7 heteroatoms. The maximum atomic E-state index is 13.5. The molecule has 1 aliphatic carbocycles. The number of methoxy groups -OCH3 is 2. The Bertz CT molecular complexity index is 1240. The molecule has 2 aromatic carbocycles. The average Bonchev–Trinajstić information content (AvgIpc) is 3.17. The molecule has 0 amide bonds. The number of carbonyl (C=O) groups excluding carboxylic acids is 1. The third kappa shape index (κ3) is 3.21. The van der Waals surface area contributed by atoms with Crippen LogP contribution in [-0.2, 0) is 4.79 Å². The quantitative estimate of drug-likeness (QED) is 0.619. The minimum absolute atomic E-state index is 0.0102. The SMILES string of the molecule is COc1ccc([C@@H]2CC(=O)C3=C(C2)Nc2onc(C)c2[C@H]3c2cccc(O)c2)cc1OC. The molecule has 2 aliphatic rings. The number of ketones is 1. The van der Waals surface area contributed by atoms with Gasteiger partial charge in [-0.05, 0) is 54.7 Å². The van der Waals surface area contributed by atoms with Crippen LogP contribution < -0.4 is 14.8 Å². The Balaban J connectivity index is 1.58. The van der Waals surface area contributed by atoms with Crippen molar-refractivity contribution in [2.75, 3.05) is 19.5 Å². The molecule has 0 unspecified atom stereocenters. The molecule has 0 fully saturated rings. The number of aromatic nitrogens is 1. The highest BCUT2D eigenvalue weighted by Crippen LogP contribution is 2.49. The molecule has 2 atom stereocenters. The highest BCUT2D eigenvalue weighted by Gasteiger charge is 2.41. The average molecular weight is 432 g/mol. The van der Waals surface area contributed by atoms with Gasteiger partial charge in [0, 0.05) is 23.6 Å². The summed E-state index contributed by atoms with van der Waals surface area (Å²) >= 11 is 0. The lowest BCUT2D eigenvalue weighted by Gasteiger charge is -2.34. The molecule has 0 bridgehead atoms. The standard InChI is InChI=1S/C25H24N2O5/c1-13-22-23(15-5-4-6-17(28)9-15)24-18(26-25(22)32-27-13)10-16(11-19(24)29)14-7-8-20(30-2)21(12-14)31-3/h4-9,12,16,23,26,28H,10-11H2,1-3H3/t16-,23+/m0/s1. The smallest absolute Gasteiger partial charge is 0.233 e. The van der Waals surface area contributed by atoms with Crippen molar-refractivity contribution in [2.45, 2.75) is 31.6 Å². The van der Waals surface area contributed by atoms with Crippen molar-refractivity contribution in [1.29, 1.82) is 0 Å². The molecule has 0 radical (unpaired) electrons. The van der Waals surface area contributed by atoms with Crippen molar-refractivity contribution in [2.24, 2.45) is 0 Å². The molecule has 2 heterocycles. The molecular formula is C25H24N2O5. The van der Waals surface area contributed by atoms with Gasteiger partial charge in [0.1, 0.15) is 5.75 Å². The number of fused-ring (bicyclic) bond motifs is 1. The number of benzene rings is 2. The fourth-order valence-corrected chi connectivity index (χ4v) is 4.85. The summed E-state index contributed by atoms with van der Waals surface area (Å²) in [7, 11) is 3.20. The van der Waals surface area contributed by atoms with Crippen LogP contribution in [0, 0.1) is 6.92 Å². The van der Waals surface area contributed by atoms with Crippen LogP contribution in [0.1, 0.15) is 47.1 Å². The number of carbonyl (C=O) groups is 1. The van der Waals surface area contributed by atoms with Crippen LogP contribution >= 0.6 is 0 Å². The zero-order valence-electron chi connectivity index (χ0n) is 18.1. The Labute approximate surface area is 185 Å². The lowest BCUT2D eigenvalue weighted by Crippen LogP contribution is -2.29. The molecule has 5 rings (SSSR count). The Hall–Kier alpha value is -3.74. The zero-order valence-corrected chi connectivity index (χ0v) is 18.1. The van der Waals surface area contributed by atoms with E-state index in [4.69, 9.17) is 14.0 Å². The van der Waals surface area contributed by atoms with Crippen molar-refractivity contribution in [1.82, 2.24) is 5.16 Å². The number of hydrogen-bond donors (Lipinski definition) is 2. The maximum absolute atomic E-state index is 13.5. The van der Waals surface area contributed by atoms with E-state index in [0.717, 1.165) is 28.1 Å². The molecule has 2 N–H and O–H groups in total. The zero-order chi connectivity index (χ0) is 22.4. The van der Waals surface area contributed by atoms with E-state index in [1.54, 1.807) is 32.4 Å². The lowest BCUT2D eigenvalue weighted by molar-refractivity contribution is -0.116. The fourth-order valence-electron chi connectivity index (χ4n) is 4.85. The van der Waals surface area contributed by atoms with Crippen molar-refractivity contribution in [3.63, 3.8) is 0 Å². The molecule has 0 saturated carbocycles. The van der Waals surface area contributed by atoms with Gasteiger partial charge in [0.05, 0.1) is 25.5 Å². The summed E-state index contributed by atoms with van der Waals surface area (Å²) < 4.78 is 16.4. The van der Waals surface area contributed by atoms with Gasteiger partial charge in [-0.25, -0.2) is 0 Å². The van der Waals surface area contributed by atoms with E-state index < -0.39 is 0 Å². The summed E-state index contributed by atoms with van der Waals surface area (Å²) in [6, 6.07) is 12.8. The number of phenolic OH excluding ortho intramolecular Hbond substituents is 1. The monoisotopic (exact) mass is 432 g/mol. The third-order valence-electron chi connectivity index (χ3n) is 6.34. The van der Waals surface area contributed by atoms with E-state index in [1.807, 2.05) is 31.2 Å². The van der Waals surface area contributed by atoms with Gasteiger partial charge in [0.2, 0.25) is 5.88 Å². The Kier molecular flexibility index (Phi) is 4.89. The Morgan fingerprint density at radius 1 is 1.06 bits per heavy atom. The number of ether oxygens (including phenoxy) is 2. The van der Waals surface area contributed by atoms with Crippen LogP contribution in [0.3, 0.4) is 0 Å². The first-order valence-corrected chi connectivity index (χ1v) is 10.5. The van der Waals surface area contributed by atoms with Crippen LogP contribution in [0.2, 0.25) is 0 Å². The summed E-state index contributed by atoms with van der Waals surface area (Å²) in [4.78, 5) is 13.5. The third-order valence-corrected chi connectivity index (χ3v) is 6.34. The van der Waals surface area contributed by atoms with Crippen molar-refractivity contribution in [3.8, 4) is 17.2 Å². The summed E-state index contributed by atoms with van der Waals surface area (Å²) in [5.74, 6) is 1.72. The molecule has 1 aromatic heterocycles. The van der Waals surface area contributed by atoms with Gasteiger partial charge >= 0.3 is 0 Å². The minimum Gasteiger partial charge on any atom is -0.508 e. The Morgan fingerprint density at radius 2 is 1.88 bits per heavy atom. The van der Waals surface area contributed by atoms with E-state index >= 15 is 0 Å². The normalized spacial score (nSPS) is 19.8. The van der Waals surface area contributed by atoms with Crippen LogP contribution in [-0.4, -0.2) is 30.3 Å². The van der Waals surface area contributed by atoms with E-state index in [2.05, 4.69) is 10.5 Å². The molecule has 7 nitrogen and oxygen atoms in total. The van der Waals surface area contributed by atoms with Crippen molar-refractivity contribution < 1.29 is 23.9 Å². The Morgan fingerprint density at radius 3 is 2.62 bits per heavy atom. The number of aryl methyl sites for hydroxylation is 1. The number of nitrogens with one attached hydrogen (secondary N) is 1. The first-order chi connectivity index (χ1) is 15.5. The molecule has 164 valence electrons. The summed E-state index contributed by atoms with van der Waals surface area (Å²) in [6.07, 6.45) is 1.02. The van der Waals surface area contributed by atoms with E-state index in [9.17, 15) is 9.90 Å². The lowest BCUT2D eigenvalue weighted by atomic mass is 9.72. The topological polar surface area (TPSA) is 93.8 Å². The number of phenols is 1. The second kappa shape index (κ2) is 7.75. The largest absolute Gasteiger partial charge is 0.508 e. The van der Waals surface area contributed by atoms with Gasteiger partial charge < -0.3 is 24.4 Å². The predicted octanol–water partition coefficient (Wildman–Crippen LogP) is 4.66. The predicted molar refractivity (Wildman–Crippen MR) is 118 cm³/mol. The van der Waals surface area contributed by atoms with Gasteiger partial charge in [-0.15, -0.1) is 0 Å². The van der Waals surface area contributed by atoms with Crippen molar-refractivity contribution >= 4 is 11.7 Å². The second-order valence-electron chi connectivity index (χ2n) is 8.20. The number of rotatable bonds is 4. The van der Waals surface area contributed by atoms with Gasteiger partial charge in [-0.2, -0.15) is 0 Å². The molecular weight excluding hydrogens is 408 g/mol. The number of nitrogens with zero attached hydrogens (tertiary/aromatic N) is 1. The van der Waals surface area contributed by atoms with E-state index in [-0.39, 0.29) is 23.4 Å². The molecule has 3 aromatic rings. The summed E-state index contributed by atoms with van der Waals surface area (Å²) in [5.41, 5.74) is 4.96. The molecule has 32 heavy (non-hydrogen) atoms. The number of hydrogen-bond acceptors (Lipinski definition) is 7. The maximum Gasteiger partial charge on any atom is 0.233 e. The second-order valence-corrected chi connectivity index (χ2v) is 8.20. The fraction of sp³-hybridized carbons (Fsp3) is 0.280. The van der Waals surface area contributed by atoms with Crippen LogP contribution in [0.5, 0.6) is 17.2 Å². The van der Waals surface area contributed by atoms with Crippen LogP contribution in [0.4, 0.5) is 5.88 Å². The number of aromatic hydroxyl groups is 1. The van der Waals surface area contributed by atoms with E-state index in [0.29, 0.717) is 35.8 Å². The summed E-state index contributed by atoms with van der Waals surface area (Å²) in [6.45, 7) is 1.87. The van der Waals surface area contributed by atoms with E-state index in [1.165, 1.54) is 0 Å². The van der Waals surface area contributed by atoms with Gasteiger partial charge in [-0.3, -0.25) is 4.79 Å². The minimum atomic E-state index is -0.335. The highest BCUT2D eigenvalue weighted by atomic mass is 16.5. The first kappa shape index (κ1) is 20.2. The van der Waals surface area contributed by atoms with Crippen LogP contribution in [0.15, 0.2) is 58.3 Å². The molecule has 0 spiro atoms. The first-order valence-electron chi connectivity index (χ1n) is 10.5. The molecule has 1 aliphatic heterocycles. The molecule has 0 saturated heterocycles. The highest BCUT2D eigenvalue weighted by molar-refractivity contribution is 6.01. The number of Topliss-reactive ketones (excluding diaryl/α,β-unsaturated/α-hetero) is 1. The summed E-state index contributed by atoms with van der Waals surface area (Å²) in [5, 5.41) is 17.5. The number of anilines is 1.